The lowest BCUT2D eigenvalue weighted by atomic mass is 10.1. The Morgan fingerprint density at radius 2 is 2.05 bits per heavy atom. The number of hydrogen-bond donors (Lipinski definition) is 1. The molecule has 0 heterocycles. The molecule has 2 aromatic rings. The average Bonchev–Trinajstić information content (AvgIpc) is 2.40. The summed E-state index contributed by atoms with van der Waals surface area (Å²) >= 11 is 8.06. The van der Waals surface area contributed by atoms with Gasteiger partial charge in [0.1, 0.15) is 0 Å². The zero-order chi connectivity index (χ0) is 14.5. The van der Waals surface area contributed by atoms with E-state index >= 15 is 0 Å². The standard InChI is InChI=1S/C16H15ClINO/c1-11-3-2-4-12(9-11)5-8-16(20)19-15-7-6-13(17)10-14(15)18/h2-4,6-7,9-10H,5,8H2,1H3,(H,19,20). The van der Waals surface area contributed by atoms with Gasteiger partial charge in [0, 0.05) is 15.0 Å². The van der Waals surface area contributed by atoms with Crippen molar-refractivity contribution in [2.75, 3.05) is 5.32 Å². The molecule has 0 radical (unpaired) electrons. The minimum Gasteiger partial charge on any atom is -0.325 e. The predicted molar refractivity (Wildman–Crippen MR) is 92.3 cm³/mol. The van der Waals surface area contributed by atoms with E-state index in [1.807, 2.05) is 24.3 Å². The van der Waals surface area contributed by atoms with E-state index in [1.165, 1.54) is 11.1 Å². The number of carbonyl (C=O) groups is 1. The highest BCUT2D eigenvalue weighted by Crippen LogP contribution is 2.22. The molecule has 0 saturated heterocycles. The van der Waals surface area contributed by atoms with Crippen LogP contribution in [0.1, 0.15) is 17.5 Å². The van der Waals surface area contributed by atoms with E-state index in [1.54, 1.807) is 6.07 Å². The maximum absolute atomic E-state index is 12.0. The first kappa shape index (κ1) is 15.3. The number of aryl methyl sites for hydroxylation is 2. The number of hydrogen-bond acceptors (Lipinski definition) is 1. The fourth-order valence-electron chi connectivity index (χ4n) is 1.93. The highest BCUT2D eigenvalue weighted by molar-refractivity contribution is 14.1. The molecule has 4 heteroatoms. The van der Waals surface area contributed by atoms with Crippen molar-refractivity contribution >= 4 is 45.8 Å². The fraction of sp³-hybridized carbons (Fsp3) is 0.188. The molecule has 0 atom stereocenters. The quantitative estimate of drug-likeness (QED) is 0.734. The molecule has 0 aliphatic rings. The molecule has 0 unspecified atom stereocenters. The van der Waals surface area contributed by atoms with Crippen molar-refractivity contribution in [1.82, 2.24) is 0 Å². The van der Waals surface area contributed by atoms with Crippen LogP contribution in [0, 0.1) is 10.5 Å². The van der Waals surface area contributed by atoms with Gasteiger partial charge >= 0.3 is 0 Å². The largest absolute Gasteiger partial charge is 0.325 e. The van der Waals surface area contributed by atoms with Crippen LogP contribution in [0.15, 0.2) is 42.5 Å². The molecule has 2 nitrogen and oxygen atoms in total. The lowest BCUT2D eigenvalue weighted by molar-refractivity contribution is -0.116. The van der Waals surface area contributed by atoms with Crippen molar-refractivity contribution in [3.8, 4) is 0 Å². The molecular weight excluding hydrogens is 385 g/mol. The van der Waals surface area contributed by atoms with Crippen LogP contribution in [0.4, 0.5) is 5.69 Å². The first-order chi connectivity index (χ1) is 9.54. The summed E-state index contributed by atoms with van der Waals surface area (Å²) in [6.45, 7) is 2.06. The highest BCUT2D eigenvalue weighted by atomic mass is 127. The van der Waals surface area contributed by atoms with Crippen molar-refractivity contribution in [3.05, 3.63) is 62.2 Å². The van der Waals surface area contributed by atoms with Gasteiger partial charge in [-0.3, -0.25) is 4.79 Å². The van der Waals surface area contributed by atoms with Crippen LogP contribution in [0.3, 0.4) is 0 Å². The molecule has 0 spiro atoms. The molecule has 0 aromatic heterocycles. The van der Waals surface area contributed by atoms with Crippen LogP contribution >= 0.6 is 34.2 Å². The molecule has 0 aliphatic heterocycles. The minimum absolute atomic E-state index is 0.0201. The van der Waals surface area contributed by atoms with E-state index in [4.69, 9.17) is 11.6 Å². The van der Waals surface area contributed by atoms with Crippen LogP contribution in [0.2, 0.25) is 5.02 Å². The van der Waals surface area contributed by atoms with Crippen molar-refractivity contribution in [3.63, 3.8) is 0 Å². The smallest absolute Gasteiger partial charge is 0.224 e. The van der Waals surface area contributed by atoms with E-state index in [-0.39, 0.29) is 5.91 Å². The predicted octanol–water partition coefficient (Wildman–Crippen LogP) is 4.82. The molecule has 0 saturated carbocycles. The molecule has 0 bridgehead atoms. The van der Waals surface area contributed by atoms with Crippen LogP contribution in [-0.2, 0) is 11.2 Å². The van der Waals surface area contributed by atoms with Crippen molar-refractivity contribution in [1.29, 1.82) is 0 Å². The Labute approximate surface area is 137 Å². The Hall–Kier alpha value is -1.07. The van der Waals surface area contributed by atoms with Gasteiger partial charge in [-0.2, -0.15) is 0 Å². The van der Waals surface area contributed by atoms with Gasteiger partial charge in [-0.05, 0) is 59.7 Å². The van der Waals surface area contributed by atoms with Crippen LogP contribution in [0.25, 0.3) is 0 Å². The number of rotatable bonds is 4. The third-order valence-corrected chi connectivity index (χ3v) is 4.06. The highest BCUT2D eigenvalue weighted by Gasteiger charge is 2.06. The van der Waals surface area contributed by atoms with Crippen LogP contribution in [-0.4, -0.2) is 5.91 Å². The SMILES string of the molecule is Cc1cccc(CCC(=O)Nc2ccc(Cl)cc2I)c1. The molecule has 2 rings (SSSR count). The monoisotopic (exact) mass is 399 g/mol. The first-order valence-corrected chi connectivity index (χ1v) is 7.81. The van der Waals surface area contributed by atoms with Gasteiger partial charge in [0.05, 0.1) is 5.69 Å². The summed E-state index contributed by atoms with van der Waals surface area (Å²) in [5, 5.41) is 3.59. The Morgan fingerprint density at radius 3 is 2.75 bits per heavy atom. The zero-order valence-corrected chi connectivity index (χ0v) is 14.0. The molecule has 1 N–H and O–H groups in total. The Kier molecular flexibility index (Phi) is 5.43. The number of carbonyl (C=O) groups excluding carboxylic acids is 1. The van der Waals surface area contributed by atoms with Crippen molar-refractivity contribution in [2.45, 2.75) is 19.8 Å². The second-order valence-electron chi connectivity index (χ2n) is 4.66. The maximum atomic E-state index is 12.0. The second-order valence-corrected chi connectivity index (χ2v) is 6.26. The first-order valence-electron chi connectivity index (χ1n) is 6.35. The van der Waals surface area contributed by atoms with E-state index < -0.39 is 0 Å². The lowest BCUT2D eigenvalue weighted by Crippen LogP contribution is -2.13. The summed E-state index contributed by atoms with van der Waals surface area (Å²) in [4.78, 5) is 12.0. The van der Waals surface area contributed by atoms with E-state index in [0.29, 0.717) is 11.4 Å². The molecule has 104 valence electrons. The van der Waals surface area contributed by atoms with E-state index in [9.17, 15) is 4.79 Å². The van der Waals surface area contributed by atoms with Gasteiger partial charge in [-0.1, -0.05) is 41.4 Å². The molecule has 0 fully saturated rings. The van der Waals surface area contributed by atoms with Gasteiger partial charge in [0.2, 0.25) is 5.91 Å². The summed E-state index contributed by atoms with van der Waals surface area (Å²) in [7, 11) is 0. The Morgan fingerprint density at radius 1 is 1.25 bits per heavy atom. The van der Waals surface area contributed by atoms with E-state index in [2.05, 4.69) is 47.0 Å². The molecule has 20 heavy (non-hydrogen) atoms. The Balaban J connectivity index is 1.92. The van der Waals surface area contributed by atoms with Gasteiger partial charge in [-0.25, -0.2) is 0 Å². The van der Waals surface area contributed by atoms with Gasteiger partial charge in [0.25, 0.3) is 0 Å². The fourth-order valence-corrected chi connectivity index (χ4v) is 2.94. The summed E-state index contributed by atoms with van der Waals surface area (Å²) in [5.41, 5.74) is 3.21. The van der Waals surface area contributed by atoms with E-state index in [0.717, 1.165) is 15.7 Å². The van der Waals surface area contributed by atoms with Crippen LogP contribution < -0.4 is 5.32 Å². The van der Waals surface area contributed by atoms with Gasteiger partial charge in [-0.15, -0.1) is 0 Å². The summed E-state index contributed by atoms with van der Waals surface area (Å²) in [6.07, 6.45) is 1.22. The third-order valence-electron chi connectivity index (χ3n) is 2.93. The van der Waals surface area contributed by atoms with Gasteiger partial charge < -0.3 is 5.32 Å². The molecular formula is C16H15ClINO. The molecule has 1 amide bonds. The maximum Gasteiger partial charge on any atom is 0.224 e. The van der Waals surface area contributed by atoms with Crippen molar-refractivity contribution in [2.24, 2.45) is 0 Å². The second kappa shape index (κ2) is 7.09. The number of nitrogens with one attached hydrogen (secondary N) is 1. The lowest BCUT2D eigenvalue weighted by Gasteiger charge is -2.08. The molecule has 2 aromatic carbocycles. The number of halogens is 2. The third kappa shape index (κ3) is 4.49. The van der Waals surface area contributed by atoms with Crippen molar-refractivity contribution < 1.29 is 4.79 Å². The normalized spacial score (nSPS) is 10.3. The number of anilines is 1. The Bertz CT molecular complexity index is 628. The summed E-state index contributed by atoms with van der Waals surface area (Å²) in [6, 6.07) is 13.7. The summed E-state index contributed by atoms with van der Waals surface area (Å²) < 4.78 is 0.944. The van der Waals surface area contributed by atoms with Crippen LogP contribution in [0.5, 0.6) is 0 Å². The zero-order valence-electron chi connectivity index (χ0n) is 11.1. The average molecular weight is 400 g/mol. The summed E-state index contributed by atoms with van der Waals surface area (Å²) in [5.74, 6) is 0.0201. The number of benzene rings is 2. The number of amides is 1. The van der Waals surface area contributed by atoms with Gasteiger partial charge in [0.15, 0.2) is 0 Å². The minimum atomic E-state index is 0.0201. The molecule has 0 aliphatic carbocycles. The topological polar surface area (TPSA) is 29.1 Å².